The van der Waals surface area contributed by atoms with Gasteiger partial charge in [-0.15, -0.1) is 0 Å². The number of nitrogens with one attached hydrogen (secondary N) is 1. The van der Waals surface area contributed by atoms with Crippen molar-refractivity contribution >= 4 is 0 Å². The van der Waals surface area contributed by atoms with Crippen LogP contribution in [0.15, 0.2) is 0 Å². The predicted molar refractivity (Wildman–Crippen MR) is 76.5 cm³/mol. The van der Waals surface area contributed by atoms with Gasteiger partial charge in [-0.2, -0.15) is 0 Å². The molecule has 0 spiro atoms. The molecule has 104 valence electrons. The van der Waals surface area contributed by atoms with Gasteiger partial charge >= 0.3 is 0 Å². The van der Waals surface area contributed by atoms with Gasteiger partial charge in [0.2, 0.25) is 0 Å². The Labute approximate surface area is 109 Å². The van der Waals surface area contributed by atoms with Crippen LogP contribution in [-0.2, 0) is 4.74 Å². The first-order valence-electron chi connectivity index (χ1n) is 6.99. The van der Waals surface area contributed by atoms with Crippen LogP contribution < -0.4 is 5.32 Å². The van der Waals surface area contributed by atoms with Gasteiger partial charge < -0.3 is 10.1 Å². The summed E-state index contributed by atoms with van der Waals surface area (Å²) in [5, 5.41) is 3.65. The molecule has 0 bridgehead atoms. The highest BCUT2D eigenvalue weighted by atomic mass is 16.5. The van der Waals surface area contributed by atoms with Crippen molar-refractivity contribution < 1.29 is 4.74 Å². The molecule has 0 amide bonds. The largest absolute Gasteiger partial charge is 0.379 e. The minimum absolute atomic E-state index is 0.0245. The number of hydrogen-bond donors (Lipinski definition) is 1. The molecular weight excluding hydrogens is 210 g/mol. The van der Waals surface area contributed by atoms with Crippen molar-refractivity contribution in [2.45, 2.75) is 78.9 Å². The van der Waals surface area contributed by atoms with Gasteiger partial charge in [-0.25, -0.2) is 0 Å². The van der Waals surface area contributed by atoms with Crippen molar-refractivity contribution in [3.63, 3.8) is 0 Å². The first-order chi connectivity index (χ1) is 7.70. The number of methoxy groups -OCH3 is 1. The second-order valence-electron chi connectivity index (χ2n) is 6.92. The highest BCUT2D eigenvalue weighted by Crippen LogP contribution is 2.25. The molecule has 0 rings (SSSR count). The Morgan fingerprint density at radius 2 is 1.71 bits per heavy atom. The standard InChI is InChI=1S/C15H33NO/c1-8-11-16-13(9-10-14(2,3)4)12-15(5,6)17-7/h13,16H,8-12H2,1-7H3. The quantitative estimate of drug-likeness (QED) is 0.696. The van der Waals surface area contributed by atoms with Crippen LogP contribution in [0.1, 0.15) is 67.2 Å². The maximum atomic E-state index is 5.54. The normalized spacial score (nSPS) is 15.0. The van der Waals surface area contributed by atoms with Crippen molar-refractivity contribution in [2.75, 3.05) is 13.7 Å². The van der Waals surface area contributed by atoms with E-state index in [1.165, 1.54) is 19.3 Å². The molecule has 0 saturated heterocycles. The first kappa shape index (κ1) is 16.9. The molecule has 0 aliphatic rings. The first-order valence-corrected chi connectivity index (χ1v) is 6.99. The Kier molecular flexibility index (Phi) is 7.34. The molecule has 0 aliphatic carbocycles. The topological polar surface area (TPSA) is 21.3 Å². The second-order valence-corrected chi connectivity index (χ2v) is 6.92. The van der Waals surface area contributed by atoms with Crippen molar-refractivity contribution in [3.05, 3.63) is 0 Å². The molecule has 1 unspecified atom stereocenters. The van der Waals surface area contributed by atoms with Gasteiger partial charge in [0.1, 0.15) is 0 Å². The third-order valence-electron chi connectivity index (χ3n) is 3.22. The third-order valence-corrected chi connectivity index (χ3v) is 3.22. The maximum Gasteiger partial charge on any atom is 0.0637 e. The third kappa shape index (κ3) is 9.61. The smallest absolute Gasteiger partial charge is 0.0637 e. The van der Waals surface area contributed by atoms with E-state index in [2.05, 4.69) is 46.9 Å². The lowest BCUT2D eigenvalue weighted by atomic mass is 9.86. The molecule has 0 aromatic carbocycles. The summed E-state index contributed by atoms with van der Waals surface area (Å²) in [6, 6.07) is 0.573. The molecule has 0 aliphatic heterocycles. The Morgan fingerprint density at radius 1 is 1.12 bits per heavy atom. The number of rotatable bonds is 8. The zero-order chi connectivity index (χ0) is 13.5. The maximum absolute atomic E-state index is 5.54. The van der Waals surface area contributed by atoms with Gasteiger partial charge in [-0.05, 0) is 51.5 Å². The molecule has 0 aromatic rings. The number of ether oxygens (including phenoxy) is 1. The average molecular weight is 243 g/mol. The van der Waals surface area contributed by atoms with Gasteiger partial charge in [-0.3, -0.25) is 0 Å². The Hall–Kier alpha value is -0.0800. The van der Waals surface area contributed by atoms with E-state index in [1.807, 2.05) is 0 Å². The zero-order valence-electron chi connectivity index (χ0n) is 13.0. The predicted octanol–water partition coefficient (Wildman–Crippen LogP) is 4.00. The fourth-order valence-electron chi connectivity index (χ4n) is 1.91. The molecule has 2 nitrogen and oxygen atoms in total. The summed E-state index contributed by atoms with van der Waals surface area (Å²) in [6.07, 6.45) is 4.77. The lowest BCUT2D eigenvalue weighted by Crippen LogP contribution is -2.38. The van der Waals surface area contributed by atoms with E-state index in [4.69, 9.17) is 4.74 Å². The van der Waals surface area contributed by atoms with E-state index in [9.17, 15) is 0 Å². The Bertz CT molecular complexity index is 194. The van der Waals surface area contributed by atoms with E-state index in [0.29, 0.717) is 11.5 Å². The molecule has 0 radical (unpaired) electrons. The van der Waals surface area contributed by atoms with E-state index >= 15 is 0 Å². The summed E-state index contributed by atoms with van der Waals surface area (Å²) in [5.41, 5.74) is 0.395. The minimum Gasteiger partial charge on any atom is -0.379 e. The van der Waals surface area contributed by atoms with E-state index in [0.717, 1.165) is 13.0 Å². The van der Waals surface area contributed by atoms with Crippen LogP contribution in [0.3, 0.4) is 0 Å². The van der Waals surface area contributed by atoms with Crippen LogP contribution in [-0.4, -0.2) is 25.3 Å². The van der Waals surface area contributed by atoms with Gasteiger partial charge in [-0.1, -0.05) is 27.7 Å². The molecule has 17 heavy (non-hydrogen) atoms. The van der Waals surface area contributed by atoms with Gasteiger partial charge in [0.15, 0.2) is 0 Å². The Morgan fingerprint density at radius 3 is 2.12 bits per heavy atom. The summed E-state index contributed by atoms with van der Waals surface area (Å²) in [6.45, 7) is 14.6. The van der Waals surface area contributed by atoms with Crippen LogP contribution in [0, 0.1) is 5.41 Å². The molecule has 2 heteroatoms. The van der Waals surface area contributed by atoms with Crippen molar-refractivity contribution in [3.8, 4) is 0 Å². The van der Waals surface area contributed by atoms with Crippen LogP contribution in [0.2, 0.25) is 0 Å². The molecule has 0 fully saturated rings. The van der Waals surface area contributed by atoms with Crippen molar-refractivity contribution in [1.29, 1.82) is 0 Å². The zero-order valence-corrected chi connectivity index (χ0v) is 13.0. The van der Waals surface area contributed by atoms with E-state index < -0.39 is 0 Å². The van der Waals surface area contributed by atoms with Crippen LogP contribution >= 0.6 is 0 Å². The van der Waals surface area contributed by atoms with Crippen molar-refractivity contribution in [2.24, 2.45) is 5.41 Å². The van der Waals surface area contributed by atoms with E-state index in [1.54, 1.807) is 7.11 Å². The molecule has 1 N–H and O–H groups in total. The summed E-state index contributed by atoms with van der Waals surface area (Å²) in [7, 11) is 1.81. The Balaban J connectivity index is 4.23. The molecule has 1 atom stereocenters. The molecule has 0 aromatic heterocycles. The van der Waals surface area contributed by atoms with Gasteiger partial charge in [0.05, 0.1) is 5.60 Å². The molecule has 0 saturated carbocycles. The summed E-state index contributed by atoms with van der Waals surface area (Å²) >= 11 is 0. The molecule has 0 heterocycles. The monoisotopic (exact) mass is 243 g/mol. The van der Waals surface area contributed by atoms with E-state index in [-0.39, 0.29) is 5.60 Å². The fraction of sp³-hybridized carbons (Fsp3) is 1.00. The van der Waals surface area contributed by atoms with Crippen LogP contribution in [0.4, 0.5) is 0 Å². The van der Waals surface area contributed by atoms with Crippen LogP contribution in [0.25, 0.3) is 0 Å². The summed E-state index contributed by atoms with van der Waals surface area (Å²) in [4.78, 5) is 0. The van der Waals surface area contributed by atoms with Crippen LogP contribution in [0.5, 0.6) is 0 Å². The van der Waals surface area contributed by atoms with Crippen molar-refractivity contribution in [1.82, 2.24) is 5.32 Å². The highest BCUT2D eigenvalue weighted by Gasteiger charge is 2.23. The lowest BCUT2D eigenvalue weighted by Gasteiger charge is -2.31. The average Bonchev–Trinajstić information content (AvgIpc) is 2.21. The second kappa shape index (κ2) is 7.38. The number of hydrogen-bond acceptors (Lipinski definition) is 2. The minimum atomic E-state index is -0.0245. The fourth-order valence-corrected chi connectivity index (χ4v) is 1.91. The SMILES string of the molecule is CCCNC(CCC(C)(C)C)CC(C)(C)OC. The highest BCUT2D eigenvalue weighted by molar-refractivity contribution is 4.80. The summed E-state index contributed by atoms with van der Waals surface area (Å²) in [5.74, 6) is 0. The molecular formula is C15H33NO. The van der Waals surface area contributed by atoms with Gasteiger partial charge in [0, 0.05) is 13.2 Å². The van der Waals surface area contributed by atoms with Gasteiger partial charge in [0.25, 0.3) is 0 Å². The summed E-state index contributed by atoms with van der Waals surface area (Å²) < 4.78 is 5.54. The lowest BCUT2D eigenvalue weighted by molar-refractivity contribution is 0.00553.